The number of ether oxygens (including phenoxy) is 2. The van der Waals surface area contributed by atoms with Gasteiger partial charge in [0.2, 0.25) is 11.7 Å². The predicted octanol–water partition coefficient (Wildman–Crippen LogP) is 4.38. The Balaban J connectivity index is 1.60. The van der Waals surface area contributed by atoms with E-state index in [1.54, 1.807) is 43.4 Å². The number of nitrogens with zero attached hydrogens (tertiary/aromatic N) is 3. The van der Waals surface area contributed by atoms with E-state index in [-0.39, 0.29) is 11.9 Å². The number of likely N-dealkylation sites (tertiary alicyclic amines) is 1. The summed E-state index contributed by atoms with van der Waals surface area (Å²) in [5.41, 5.74) is 1.21. The van der Waals surface area contributed by atoms with Gasteiger partial charge in [-0.05, 0) is 43.2 Å². The van der Waals surface area contributed by atoms with Crippen LogP contribution in [0.5, 0.6) is 11.5 Å². The Kier molecular flexibility index (Phi) is 5.40. The number of methoxy groups -OCH3 is 2. The second-order valence-electron chi connectivity index (χ2n) is 6.66. The van der Waals surface area contributed by atoms with Gasteiger partial charge in [-0.25, -0.2) is 0 Å². The Morgan fingerprint density at radius 3 is 2.72 bits per heavy atom. The number of carbonyl (C=O) groups excluding carboxylic acids is 1. The van der Waals surface area contributed by atoms with Crippen molar-refractivity contribution in [3.63, 3.8) is 0 Å². The van der Waals surface area contributed by atoms with Gasteiger partial charge in [-0.3, -0.25) is 4.79 Å². The first-order chi connectivity index (χ1) is 14.1. The lowest BCUT2D eigenvalue weighted by atomic mass is 10.1. The minimum absolute atomic E-state index is 0.119. The van der Waals surface area contributed by atoms with Gasteiger partial charge in [-0.2, -0.15) is 4.98 Å². The van der Waals surface area contributed by atoms with Crippen LogP contribution in [0.15, 0.2) is 47.0 Å². The van der Waals surface area contributed by atoms with Crippen LogP contribution >= 0.6 is 11.6 Å². The van der Waals surface area contributed by atoms with E-state index in [0.717, 1.165) is 12.8 Å². The lowest BCUT2D eigenvalue weighted by Crippen LogP contribution is -2.30. The van der Waals surface area contributed by atoms with Gasteiger partial charge in [-0.1, -0.05) is 28.9 Å². The zero-order chi connectivity index (χ0) is 20.4. The summed E-state index contributed by atoms with van der Waals surface area (Å²) in [4.78, 5) is 19.4. The molecular formula is C21H20ClN3O4. The van der Waals surface area contributed by atoms with Crippen LogP contribution in [0.2, 0.25) is 5.02 Å². The molecule has 0 aliphatic carbocycles. The van der Waals surface area contributed by atoms with Crippen LogP contribution in [0.25, 0.3) is 11.4 Å². The van der Waals surface area contributed by atoms with Crippen LogP contribution in [0, 0.1) is 0 Å². The SMILES string of the molecule is COc1ccc(C(=O)N2CCC[C@H]2c2nc(-c3ccccc3Cl)no2)cc1OC. The minimum Gasteiger partial charge on any atom is -0.493 e. The molecule has 1 aliphatic heterocycles. The van der Waals surface area contributed by atoms with Crippen molar-refractivity contribution < 1.29 is 18.8 Å². The molecule has 1 amide bonds. The van der Waals surface area contributed by atoms with Crippen molar-refractivity contribution in [3.05, 3.63) is 58.9 Å². The number of amides is 1. The summed E-state index contributed by atoms with van der Waals surface area (Å²) in [5.74, 6) is 1.78. The fourth-order valence-corrected chi connectivity index (χ4v) is 3.74. The first-order valence-electron chi connectivity index (χ1n) is 9.24. The van der Waals surface area contributed by atoms with Crippen LogP contribution in [0.1, 0.15) is 35.1 Å². The van der Waals surface area contributed by atoms with Gasteiger partial charge in [0.25, 0.3) is 5.91 Å². The highest BCUT2D eigenvalue weighted by Crippen LogP contribution is 2.35. The summed E-state index contributed by atoms with van der Waals surface area (Å²) in [5, 5.41) is 4.61. The molecule has 7 nitrogen and oxygen atoms in total. The van der Waals surface area contributed by atoms with E-state index < -0.39 is 0 Å². The Morgan fingerprint density at radius 2 is 1.97 bits per heavy atom. The van der Waals surface area contributed by atoms with Crippen LogP contribution in [0.3, 0.4) is 0 Å². The molecule has 1 aromatic heterocycles. The zero-order valence-electron chi connectivity index (χ0n) is 16.1. The molecule has 29 heavy (non-hydrogen) atoms. The number of rotatable bonds is 5. The third-order valence-corrected chi connectivity index (χ3v) is 5.32. The van der Waals surface area contributed by atoms with E-state index in [1.807, 2.05) is 18.2 Å². The van der Waals surface area contributed by atoms with Crippen molar-refractivity contribution in [2.24, 2.45) is 0 Å². The summed E-state index contributed by atoms with van der Waals surface area (Å²) < 4.78 is 16.1. The summed E-state index contributed by atoms with van der Waals surface area (Å²) >= 11 is 6.23. The molecule has 1 atom stereocenters. The molecular weight excluding hydrogens is 394 g/mol. The van der Waals surface area contributed by atoms with Crippen LogP contribution in [0.4, 0.5) is 0 Å². The lowest BCUT2D eigenvalue weighted by Gasteiger charge is -2.22. The number of halogens is 1. The maximum absolute atomic E-state index is 13.1. The van der Waals surface area contributed by atoms with E-state index in [2.05, 4.69) is 10.1 Å². The van der Waals surface area contributed by atoms with Crippen molar-refractivity contribution in [1.82, 2.24) is 15.0 Å². The highest BCUT2D eigenvalue weighted by atomic mass is 35.5. The van der Waals surface area contributed by atoms with Crippen LogP contribution in [-0.2, 0) is 0 Å². The maximum Gasteiger partial charge on any atom is 0.254 e. The van der Waals surface area contributed by atoms with E-state index in [1.165, 1.54) is 0 Å². The van der Waals surface area contributed by atoms with E-state index in [9.17, 15) is 4.79 Å². The normalized spacial score (nSPS) is 16.1. The largest absolute Gasteiger partial charge is 0.493 e. The fraction of sp³-hybridized carbons (Fsp3) is 0.286. The average Bonchev–Trinajstić information content (AvgIpc) is 3.42. The van der Waals surface area contributed by atoms with Crippen LogP contribution in [-0.4, -0.2) is 41.7 Å². The highest BCUT2D eigenvalue weighted by molar-refractivity contribution is 6.33. The van der Waals surface area contributed by atoms with Crippen molar-refractivity contribution in [2.45, 2.75) is 18.9 Å². The van der Waals surface area contributed by atoms with Gasteiger partial charge >= 0.3 is 0 Å². The van der Waals surface area contributed by atoms with Crippen LogP contribution < -0.4 is 9.47 Å². The summed E-state index contributed by atoms with van der Waals surface area (Å²) in [6, 6.07) is 12.2. The number of benzene rings is 2. The standard InChI is InChI=1S/C21H20ClN3O4/c1-27-17-10-9-13(12-18(17)28-2)21(26)25-11-5-8-16(25)20-23-19(24-29-20)14-6-3-4-7-15(14)22/h3-4,6-7,9-10,12,16H,5,8,11H2,1-2H3/t16-/m0/s1. The molecule has 3 aromatic rings. The smallest absolute Gasteiger partial charge is 0.254 e. The fourth-order valence-electron chi connectivity index (χ4n) is 3.52. The minimum atomic E-state index is -0.278. The Morgan fingerprint density at radius 1 is 1.17 bits per heavy atom. The first-order valence-corrected chi connectivity index (χ1v) is 9.61. The predicted molar refractivity (Wildman–Crippen MR) is 107 cm³/mol. The Labute approximate surface area is 173 Å². The number of hydrogen-bond acceptors (Lipinski definition) is 6. The topological polar surface area (TPSA) is 77.7 Å². The molecule has 2 aromatic carbocycles. The monoisotopic (exact) mass is 413 g/mol. The van der Waals surface area contributed by atoms with Gasteiger partial charge < -0.3 is 18.9 Å². The Hall–Kier alpha value is -3.06. The summed E-state index contributed by atoms with van der Waals surface area (Å²) in [7, 11) is 3.10. The summed E-state index contributed by atoms with van der Waals surface area (Å²) in [6.45, 7) is 0.613. The number of aromatic nitrogens is 2. The maximum atomic E-state index is 13.1. The van der Waals surface area contributed by atoms with Gasteiger partial charge in [0.1, 0.15) is 6.04 Å². The quantitative estimate of drug-likeness (QED) is 0.617. The third kappa shape index (κ3) is 3.65. The van der Waals surface area contributed by atoms with Crippen molar-refractivity contribution in [2.75, 3.05) is 20.8 Å². The molecule has 0 bridgehead atoms. The average molecular weight is 414 g/mol. The van der Waals surface area contributed by atoms with Gasteiger partial charge in [-0.15, -0.1) is 0 Å². The molecule has 0 radical (unpaired) electrons. The molecule has 2 heterocycles. The van der Waals surface area contributed by atoms with Gasteiger partial charge in [0.05, 0.1) is 19.2 Å². The molecule has 0 N–H and O–H groups in total. The molecule has 8 heteroatoms. The molecule has 1 fully saturated rings. The van der Waals surface area contributed by atoms with E-state index in [0.29, 0.717) is 45.9 Å². The second-order valence-corrected chi connectivity index (χ2v) is 7.07. The lowest BCUT2D eigenvalue weighted by molar-refractivity contribution is 0.0709. The molecule has 0 saturated carbocycles. The summed E-state index contributed by atoms with van der Waals surface area (Å²) in [6.07, 6.45) is 1.61. The zero-order valence-corrected chi connectivity index (χ0v) is 16.8. The first kappa shape index (κ1) is 19.3. The molecule has 0 unspecified atom stereocenters. The van der Waals surface area contributed by atoms with E-state index in [4.69, 9.17) is 25.6 Å². The third-order valence-electron chi connectivity index (χ3n) is 4.99. The second kappa shape index (κ2) is 8.13. The van der Waals surface area contributed by atoms with Crippen molar-refractivity contribution in [1.29, 1.82) is 0 Å². The highest BCUT2D eigenvalue weighted by Gasteiger charge is 2.35. The van der Waals surface area contributed by atoms with Gasteiger partial charge in [0.15, 0.2) is 11.5 Å². The molecule has 1 saturated heterocycles. The molecule has 1 aliphatic rings. The molecule has 150 valence electrons. The Bertz CT molecular complexity index is 1040. The van der Waals surface area contributed by atoms with Crippen molar-refractivity contribution in [3.8, 4) is 22.9 Å². The van der Waals surface area contributed by atoms with E-state index >= 15 is 0 Å². The molecule has 0 spiro atoms. The van der Waals surface area contributed by atoms with Crippen molar-refractivity contribution >= 4 is 17.5 Å². The number of carbonyl (C=O) groups is 1. The molecule has 4 rings (SSSR count). The van der Waals surface area contributed by atoms with Gasteiger partial charge in [0, 0.05) is 17.7 Å². The number of hydrogen-bond donors (Lipinski definition) is 0.